The molecule has 0 saturated carbocycles. The summed E-state index contributed by atoms with van der Waals surface area (Å²) in [6, 6.07) is 4.92. The van der Waals surface area contributed by atoms with Crippen molar-refractivity contribution in [2.24, 2.45) is 5.73 Å². The van der Waals surface area contributed by atoms with Gasteiger partial charge in [0.05, 0.1) is 0 Å². The fourth-order valence-corrected chi connectivity index (χ4v) is 3.09. The quantitative estimate of drug-likeness (QED) is 0.771. The molecule has 1 rings (SSSR count). The molecule has 0 radical (unpaired) electrons. The number of nitrogens with two attached hydrogens (primary N) is 1. The summed E-state index contributed by atoms with van der Waals surface area (Å²) in [4.78, 5) is 3.33. The molecule has 0 aliphatic rings. The summed E-state index contributed by atoms with van der Waals surface area (Å²) in [7, 11) is 0. The highest BCUT2D eigenvalue weighted by Gasteiger charge is 2.12. The van der Waals surface area contributed by atoms with Crippen molar-refractivity contribution in [3.05, 3.63) is 29.6 Å². The lowest BCUT2D eigenvalue weighted by Crippen LogP contribution is -2.25. The first-order chi connectivity index (χ1) is 8.60. The summed E-state index contributed by atoms with van der Waals surface area (Å²) in [6.45, 7) is 9.27. The molecule has 1 atom stereocenters. The topological polar surface area (TPSA) is 29.3 Å². The second-order valence-electron chi connectivity index (χ2n) is 4.32. The highest BCUT2D eigenvalue weighted by molar-refractivity contribution is 7.99. The van der Waals surface area contributed by atoms with Gasteiger partial charge in [0, 0.05) is 28.8 Å². The first kappa shape index (κ1) is 15.5. The molecule has 102 valence electrons. The van der Waals surface area contributed by atoms with Crippen LogP contribution in [0.5, 0.6) is 0 Å². The van der Waals surface area contributed by atoms with E-state index in [9.17, 15) is 4.39 Å². The minimum atomic E-state index is -0.262. The van der Waals surface area contributed by atoms with Crippen LogP contribution in [0, 0.1) is 5.82 Å². The molecule has 0 amide bonds. The van der Waals surface area contributed by atoms with Crippen LogP contribution in [0.15, 0.2) is 23.1 Å². The van der Waals surface area contributed by atoms with Crippen LogP contribution in [0.2, 0.25) is 0 Å². The highest BCUT2D eigenvalue weighted by Crippen LogP contribution is 2.28. The normalized spacial score (nSPS) is 13.0. The van der Waals surface area contributed by atoms with E-state index in [2.05, 4.69) is 18.7 Å². The van der Waals surface area contributed by atoms with Crippen LogP contribution in [0.3, 0.4) is 0 Å². The number of hydrogen-bond acceptors (Lipinski definition) is 3. The van der Waals surface area contributed by atoms with Crippen molar-refractivity contribution in [2.45, 2.75) is 31.7 Å². The number of halogens is 1. The second-order valence-corrected chi connectivity index (χ2v) is 5.45. The van der Waals surface area contributed by atoms with E-state index in [4.69, 9.17) is 5.73 Å². The third kappa shape index (κ3) is 4.26. The van der Waals surface area contributed by atoms with Gasteiger partial charge in [0.25, 0.3) is 0 Å². The Hall–Kier alpha value is -0.580. The monoisotopic (exact) mass is 270 g/mol. The van der Waals surface area contributed by atoms with Gasteiger partial charge in [-0.1, -0.05) is 19.9 Å². The molecule has 4 heteroatoms. The maximum Gasteiger partial charge on any atom is 0.129 e. The van der Waals surface area contributed by atoms with Crippen molar-refractivity contribution in [3.63, 3.8) is 0 Å². The zero-order chi connectivity index (χ0) is 13.5. The molecule has 0 aromatic heterocycles. The van der Waals surface area contributed by atoms with E-state index in [0.717, 1.165) is 30.3 Å². The fourth-order valence-electron chi connectivity index (χ4n) is 1.91. The summed E-state index contributed by atoms with van der Waals surface area (Å²) in [5, 5.41) is 0. The van der Waals surface area contributed by atoms with Gasteiger partial charge in [-0.2, -0.15) is 0 Å². The van der Waals surface area contributed by atoms with E-state index in [1.165, 1.54) is 6.07 Å². The van der Waals surface area contributed by atoms with Crippen LogP contribution in [-0.2, 0) is 0 Å². The molecule has 1 aromatic carbocycles. The Kier molecular flexibility index (Phi) is 6.68. The largest absolute Gasteiger partial charge is 0.324 e. The molecule has 0 spiro atoms. The lowest BCUT2D eigenvalue weighted by Gasteiger charge is -2.18. The van der Waals surface area contributed by atoms with Crippen molar-refractivity contribution in [1.82, 2.24) is 4.90 Å². The summed E-state index contributed by atoms with van der Waals surface area (Å²) in [6.07, 6.45) is 0. The summed E-state index contributed by atoms with van der Waals surface area (Å²) in [5.41, 5.74) is 6.48. The highest BCUT2D eigenvalue weighted by atomic mass is 32.2. The number of thioether (sulfide) groups is 1. The first-order valence-electron chi connectivity index (χ1n) is 6.49. The molecule has 2 nitrogen and oxygen atoms in total. The Balaban J connectivity index is 2.64. The van der Waals surface area contributed by atoms with Crippen LogP contribution in [0.1, 0.15) is 32.4 Å². The average Bonchev–Trinajstić information content (AvgIpc) is 2.34. The SMILES string of the molecule is CCN(CC)CCSc1cccc(F)c1[C@@H](C)N. The Morgan fingerprint density at radius 2 is 2.00 bits per heavy atom. The molecular formula is C14H23FN2S. The number of rotatable bonds is 7. The van der Waals surface area contributed by atoms with E-state index in [1.807, 2.05) is 13.0 Å². The number of hydrogen-bond donors (Lipinski definition) is 1. The molecule has 0 aliphatic carbocycles. The van der Waals surface area contributed by atoms with Crippen molar-refractivity contribution in [1.29, 1.82) is 0 Å². The molecule has 0 unspecified atom stereocenters. The van der Waals surface area contributed by atoms with Gasteiger partial charge in [0.2, 0.25) is 0 Å². The molecule has 2 N–H and O–H groups in total. The summed E-state index contributed by atoms with van der Waals surface area (Å²) in [5.74, 6) is 0.767. The standard InChI is InChI=1S/C14H23FN2S/c1-4-17(5-2)9-10-18-13-8-6-7-12(15)14(13)11(3)16/h6-8,11H,4-5,9-10,16H2,1-3H3/t11-/m1/s1. The van der Waals surface area contributed by atoms with Gasteiger partial charge in [-0.25, -0.2) is 4.39 Å². The number of benzene rings is 1. The van der Waals surface area contributed by atoms with Gasteiger partial charge in [0.15, 0.2) is 0 Å². The lowest BCUT2D eigenvalue weighted by atomic mass is 10.1. The molecule has 0 saturated heterocycles. The van der Waals surface area contributed by atoms with Crippen molar-refractivity contribution >= 4 is 11.8 Å². The summed E-state index contributed by atoms with van der Waals surface area (Å²) >= 11 is 1.69. The third-order valence-electron chi connectivity index (χ3n) is 3.03. The molecule has 18 heavy (non-hydrogen) atoms. The van der Waals surface area contributed by atoms with Gasteiger partial charge in [0.1, 0.15) is 5.82 Å². The average molecular weight is 270 g/mol. The van der Waals surface area contributed by atoms with Crippen LogP contribution in [0.25, 0.3) is 0 Å². The second kappa shape index (κ2) is 7.77. The minimum Gasteiger partial charge on any atom is -0.324 e. The lowest BCUT2D eigenvalue weighted by molar-refractivity contribution is 0.324. The molecule has 0 fully saturated rings. The molecular weight excluding hydrogens is 247 g/mol. The van der Waals surface area contributed by atoms with Crippen molar-refractivity contribution in [3.8, 4) is 0 Å². The number of nitrogens with zero attached hydrogens (tertiary/aromatic N) is 1. The van der Waals surface area contributed by atoms with Gasteiger partial charge < -0.3 is 10.6 Å². The Bertz CT molecular complexity index is 365. The molecule has 0 bridgehead atoms. The predicted octanol–water partition coefficient (Wildman–Crippen LogP) is 3.28. The van der Waals surface area contributed by atoms with Crippen LogP contribution < -0.4 is 5.73 Å². The first-order valence-corrected chi connectivity index (χ1v) is 7.47. The fraction of sp³-hybridized carbons (Fsp3) is 0.571. The Morgan fingerprint density at radius 3 is 2.56 bits per heavy atom. The predicted molar refractivity (Wildman–Crippen MR) is 77.5 cm³/mol. The maximum absolute atomic E-state index is 13.7. The van der Waals surface area contributed by atoms with E-state index in [1.54, 1.807) is 17.8 Å². The van der Waals surface area contributed by atoms with Crippen LogP contribution >= 0.6 is 11.8 Å². The van der Waals surface area contributed by atoms with Gasteiger partial charge >= 0.3 is 0 Å². The minimum absolute atomic E-state index is 0.196. The zero-order valence-corrected chi connectivity index (χ0v) is 12.3. The van der Waals surface area contributed by atoms with Crippen molar-refractivity contribution in [2.75, 3.05) is 25.4 Å². The Morgan fingerprint density at radius 1 is 1.33 bits per heavy atom. The van der Waals surface area contributed by atoms with Gasteiger partial charge in [-0.15, -0.1) is 11.8 Å². The van der Waals surface area contributed by atoms with Crippen LogP contribution in [0.4, 0.5) is 4.39 Å². The van der Waals surface area contributed by atoms with E-state index >= 15 is 0 Å². The van der Waals surface area contributed by atoms with Crippen LogP contribution in [-0.4, -0.2) is 30.3 Å². The van der Waals surface area contributed by atoms with Gasteiger partial charge in [-0.05, 0) is 32.1 Å². The Labute approximate surface area is 114 Å². The molecule has 0 heterocycles. The van der Waals surface area contributed by atoms with E-state index in [0.29, 0.717) is 5.56 Å². The van der Waals surface area contributed by atoms with Gasteiger partial charge in [-0.3, -0.25) is 0 Å². The zero-order valence-electron chi connectivity index (χ0n) is 11.4. The third-order valence-corrected chi connectivity index (χ3v) is 4.08. The molecule has 1 aromatic rings. The smallest absolute Gasteiger partial charge is 0.129 e. The van der Waals surface area contributed by atoms with E-state index < -0.39 is 0 Å². The molecule has 0 aliphatic heterocycles. The summed E-state index contributed by atoms with van der Waals surface area (Å²) < 4.78 is 13.7. The van der Waals surface area contributed by atoms with Crippen molar-refractivity contribution < 1.29 is 4.39 Å². The van der Waals surface area contributed by atoms with E-state index in [-0.39, 0.29) is 11.9 Å². The maximum atomic E-state index is 13.7.